The molecule has 0 aliphatic heterocycles. The van der Waals surface area contributed by atoms with Crippen LogP contribution in [0.25, 0.3) is 0 Å². The third-order valence-electron chi connectivity index (χ3n) is 1.93. The number of carbonyl (C=O) groups excluding carboxylic acids is 2. The topological polar surface area (TPSA) is 107 Å². The van der Waals surface area contributed by atoms with Gasteiger partial charge in [0.15, 0.2) is 0 Å². The average Bonchev–Trinajstić information content (AvgIpc) is 2.30. The van der Waals surface area contributed by atoms with Crippen LogP contribution >= 0.6 is 0 Å². The zero-order chi connectivity index (χ0) is 12.1. The number of amides is 1. The molecular weight excluding hydrogens is 210 g/mol. The number of esters is 1. The summed E-state index contributed by atoms with van der Waals surface area (Å²) in [5.41, 5.74) is 11.8. The summed E-state index contributed by atoms with van der Waals surface area (Å²) in [4.78, 5) is 22.3. The molecule has 0 atom stereocenters. The third kappa shape index (κ3) is 2.71. The lowest BCUT2D eigenvalue weighted by Gasteiger charge is -2.08. The summed E-state index contributed by atoms with van der Waals surface area (Å²) in [6, 6.07) is 4.46. The molecule has 1 amide bonds. The first-order chi connectivity index (χ1) is 7.58. The van der Waals surface area contributed by atoms with E-state index in [-0.39, 0.29) is 12.5 Å². The molecule has 5 N–H and O–H groups in total. The minimum atomic E-state index is -0.497. The van der Waals surface area contributed by atoms with Crippen molar-refractivity contribution in [1.82, 2.24) is 0 Å². The van der Waals surface area contributed by atoms with Gasteiger partial charge >= 0.3 is 5.97 Å². The van der Waals surface area contributed by atoms with Gasteiger partial charge in [0.1, 0.15) is 0 Å². The van der Waals surface area contributed by atoms with Gasteiger partial charge in [-0.25, -0.2) is 4.79 Å². The highest BCUT2D eigenvalue weighted by atomic mass is 16.5. The number of hydrogen-bond acceptors (Lipinski definition) is 5. The van der Waals surface area contributed by atoms with E-state index in [9.17, 15) is 9.59 Å². The van der Waals surface area contributed by atoms with E-state index < -0.39 is 5.97 Å². The molecule has 0 saturated carbocycles. The number of nitrogen functional groups attached to an aromatic ring is 1. The van der Waals surface area contributed by atoms with Gasteiger partial charge in [-0.05, 0) is 18.2 Å². The van der Waals surface area contributed by atoms with Crippen LogP contribution < -0.4 is 16.8 Å². The van der Waals surface area contributed by atoms with Crippen molar-refractivity contribution in [1.29, 1.82) is 0 Å². The molecule has 0 saturated heterocycles. The van der Waals surface area contributed by atoms with E-state index in [4.69, 9.17) is 11.5 Å². The Bertz CT molecular complexity index is 418. The highest BCUT2D eigenvalue weighted by molar-refractivity contribution is 5.98. The second-order valence-electron chi connectivity index (χ2n) is 3.05. The summed E-state index contributed by atoms with van der Waals surface area (Å²) < 4.78 is 4.55. The molecule has 6 nitrogen and oxygen atoms in total. The molecule has 0 bridgehead atoms. The van der Waals surface area contributed by atoms with Crippen LogP contribution in [-0.4, -0.2) is 25.5 Å². The Morgan fingerprint density at radius 2 is 2.12 bits per heavy atom. The van der Waals surface area contributed by atoms with Crippen LogP contribution in [0.1, 0.15) is 10.4 Å². The van der Waals surface area contributed by atoms with E-state index in [0.717, 1.165) is 0 Å². The predicted octanol–water partition coefficient (Wildman–Crippen LogP) is -0.0474. The van der Waals surface area contributed by atoms with Gasteiger partial charge in [0.25, 0.3) is 0 Å². The van der Waals surface area contributed by atoms with Gasteiger partial charge < -0.3 is 21.5 Å². The van der Waals surface area contributed by atoms with Gasteiger partial charge in [0.2, 0.25) is 5.91 Å². The van der Waals surface area contributed by atoms with Crippen molar-refractivity contribution in [2.45, 2.75) is 0 Å². The van der Waals surface area contributed by atoms with Gasteiger partial charge in [0.05, 0.1) is 30.6 Å². The van der Waals surface area contributed by atoms with Crippen LogP contribution in [0, 0.1) is 0 Å². The van der Waals surface area contributed by atoms with Crippen molar-refractivity contribution in [2.24, 2.45) is 5.73 Å². The molecule has 0 heterocycles. The molecule has 0 radical (unpaired) electrons. The SMILES string of the molecule is COC(=O)c1ccc(N)c(NC(=O)CN)c1. The average molecular weight is 223 g/mol. The Balaban J connectivity index is 2.99. The zero-order valence-corrected chi connectivity index (χ0v) is 8.82. The molecule has 1 aromatic carbocycles. The van der Waals surface area contributed by atoms with E-state index >= 15 is 0 Å². The monoisotopic (exact) mass is 223 g/mol. The van der Waals surface area contributed by atoms with E-state index in [1.165, 1.54) is 25.3 Å². The fourth-order valence-electron chi connectivity index (χ4n) is 1.11. The normalized spacial score (nSPS) is 9.62. The fourth-order valence-corrected chi connectivity index (χ4v) is 1.11. The van der Waals surface area contributed by atoms with Gasteiger partial charge in [0, 0.05) is 0 Å². The predicted molar refractivity (Wildman–Crippen MR) is 59.9 cm³/mol. The second kappa shape index (κ2) is 5.13. The first-order valence-electron chi connectivity index (χ1n) is 4.56. The molecule has 0 aliphatic rings. The van der Waals surface area contributed by atoms with E-state index in [1.807, 2.05) is 0 Å². The maximum Gasteiger partial charge on any atom is 0.337 e. The first kappa shape index (κ1) is 12.0. The number of benzene rings is 1. The Hall–Kier alpha value is -2.08. The maximum absolute atomic E-state index is 11.2. The number of nitrogens with one attached hydrogen (secondary N) is 1. The molecule has 0 unspecified atom stereocenters. The first-order valence-corrected chi connectivity index (χ1v) is 4.56. The molecule has 86 valence electrons. The number of anilines is 2. The number of hydrogen-bond donors (Lipinski definition) is 3. The molecule has 0 fully saturated rings. The largest absolute Gasteiger partial charge is 0.465 e. The lowest BCUT2D eigenvalue weighted by atomic mass is 10.1. The highest BCUT2D eigenvalue weighted by Gasteiger charge is 2.09. The maximum atomic E-state index is 11.2. The molecular formula is C10H13N3O3. The van der Waals surface area contributed by atoms with Crippen LogP contribution in [0.5, 0.6) is 0 Å². The van der Waals surface area contributed by atoms with Crippen LogP contribution in [0.3, 0.4) is 0 Å². The Kier molecular flexibility index (Phi) is 3.84. The number of methoxy groups -OCH3 is 1. The summed E-state index contributed by atoms with van der Waals surface area (Å²) in [6.45, 7) is -0.151. The van der Waals surface area contributed by atoms with Crippen molar-refractivity contribution >= 4 is 23.3 Å². The molecule has 16 heavy (non-hydrogen) atoms. The Morgan fingerprint density at radius 1 is 1.44 bits per heavy atom. The van der Waals surface area contributed by atoms with Gasteiger partial charge in [-0.2, -0.15) is 0 Å². The molecule has 1 rings (SSSR count). The van der Waals surface area contributed by atoms with Crippen LogP contribution in [-0.2, 0) is 9.53 Å². The van der Waals surface area contributed by atoms with Crippen molar-refractivity contribution in [3.63, 3.8) is 0 Å². The highest BCUT2D eigenvalue weighted by Crippen LogP contribution is 2.20. The molecule has 6 heteroatoms. The van der Waals surface area contributed by atoms with E-state index in [1.54, 1.807) is 0 Å². The quantitative estimate of drug-likeness (QED) is 0.492. The van der Waals surface area contributed by atoms with Gasteiger partial charge in [-0.3, -0.25) is 4.79 Å². The third-order valence-corrected chi connectivity index (χ3v) is 1.93. The Labute approximate surface area is 92.6 Å². The number of carbonyl (C=O) groups is 2. The van der Waals surface area contributed by atoms with Crippen LogP contribution in [0.15, 0.2) is 18.2 Å². The van der Waals surface area contributed by atoms with Crippen molar-refractivity contribution < 1.29 is 14.3 Å². The fraction of sp³-hybridized carbons (Fsp3) is 0.200. The smallest absolute Gasteiger partial charge is 0.337 e. The van der Waals surface area contributed by atoms with Gasteiger partial charge in [-0.1, -0.05) is 0 Å². The van der Waals surface area contributed by atoms with E-state index in [2.05, 4.69) is 10.1 Å². The summed E-state index contributed by atoms with van der Waals surface area (Å²) >= 11 is 0. The standard InChI is InChI=1S/C10H13N3O3/c1-16-10(15)6-2-3-7(12)8(4-6)13-9(14)5-11/h2-4H,5,11-12H2,1H3,(H,13,14). The lowest BCUT2D eigenvalue weighted by molar-refractivity contribution is -0.114. The molecule has 1 aromatic rings. The minimum absolute atomic E-state index is 0.151. The molecule has 0 aromatic heterocycles. The van der Waals surface area contributed by atoms with Crippen molar-refractivity contribution in [3.8, 4) is 0 Å². The Morgan fingerprint density at radius 3 is 2.69 bits per heavy atom. The zero-order valence-electron chi connectivity index (χ0n) is 8.82. The van der Waals surface area contributed by atoms with Crippen LogP contribution in [0.4, 0.5) is 11.4 Å². The summed E-state index contributed by atoms with van der Waals surface area (Å²) in [5, 5.41) is 2.48. The molecule has 0 spiro atoms. The molecule has 0 aliphatic carbocycles. The number of rotatable bonds is 3. The van der Waals surface area contributed by atoms with Crippen molar-refractivity contribution in [3.05, 3.63) is 23.8 Å². The second-order valence-corrected chi connectivity index (χ2v) is 3.05. The lowest BCUT2D eigenvalue weighted by Crippen LogP contribution is -2.22. The summed E-state index contributed by atoms with van der Waals surface area (Å²) in [5.74, 6) is -0.878. The number of nitrogens with two attached hydrogens (primary N) is 2. The van der Waals surface area contributed by atoms with E-state index in [0.29, 0.717) is 16.9 Å². The van der Waals surface area contributed by atoms with Crippen LogP contribution in [0.2, 0.25) is 0 Å². The summed E-state index contributed by atoms with van der Waals surface area (Å²) in [6.07, 6.45) is 0. The van der Waals surface area contributed by atoms with Gasteiger partial charge in [-0.15, -0.1) is 0 Å². The minimum Gasteiger partial charge on any atom is -0.465 e. The summed E-state index contributed by atoms with van der Waals surface area (Å²) in [7, 11) is 1.27. The van der Waals surface area contributed by atoms with Crippen molar-refractivity contribution in [2.75, 3.05) is 24.7 Å². The number of ether oxygens (including phenoxy) is 1.